The average Bonchev–Trinajstić information content (AvgIpc) is 2.49. The van der Waals surface area contributed by atoms with Crippen LogP contribution >= 0.6 is 0 Å². The van der Waals surface area contributed by atoms with E-state index in [0.717, 1.165) is 13.2 Å². The maximum absolute atomic E-state index is 10.8. The van der Waals surface area contributed by atoms with Gasteiger partial charge >= 0.3 is 15.5 Å². The fourth-order valence-corrected chi connectivity index (χ4v) is 0.873. The van der Waals surface area contributed by atoms with Crippen molar-refractivity contribution in [2.75, 3.05) is 20.3 Å². The summed E-state index contributed by atoms with van der Waals surface area (Å²) < 4.78 is 51.2. The Morgan fingerprint density at radius 2 is 1.94 bits per heavy atom. The minimum atomic E-state index is -5.34. The van der Waals surface area contributed by atoms with Gasteiger partial charge in [0.05, 0.1) is 6.67 Å². The first kappa shape index (κ1) is 15.8. The molecule has 0 radical (unpaired) electrons. The lowest BCUT2D eigenvalue weighted by molar-refractivity contribution is -0.0436. The van der Waals surface area contributed by atoms with Gasteiger partial charge in [-0.3, -0.25) is 0 Å². The molecule has 0 unspecified atom stereocenters. The molecule has 2 N–H and O–H groups in total. The van der Waals surface area contributed by atoms with Crippen molar-refractivity contribution in [3.63, 3.8) is 0 Å². The number of nitrogens with two attached hydrogens (primary N) is 1. The van der Waals surface area contributed by atoms with Gasteiger partial charge in [-0.25, -0.2) is 13.6 Å². The molecule has 0 aliphatic carbocycles. The molecule has 0 bridgehead atoms. The molecule has 0 saturated heterocycles. The lowest BCUT2D eigenvalue weighted by atomic mass is 10.6. The normalized spacial score (nSPS) is 15.6. The second-order valence-electron chi connectivity index (χ2n) is 3.25. The molecule has 100 valence electrons. The Balaban J connectivity index is 0.000000304. The van der Waals surface area contributed by atoms with Gasteiger partial charge in [-0.1, -0.05) is 6.08 Å². The molecule has 9 heteroatoms. The van der Waals surface area contributed by atoms with E-state index in [0.29, 0.717) is 0 Å². The minimum Gasteiger partial charge on any atom is -0.362 e. The van der Waals surface area contributed by atoms with Gasteiger partial charge in [0, 0.05) is 26.0 Å². The molecule has 0 aromatic heterocycles. The third kappa shape index (κ3) is 6.17. The largest absolute Gasteiger partial charge is 0.511 e. The number of hydrogen-bond acceptors (Lipinski definition) is 4. The number of sulfonamides is 1. The second kappa shape index (κ2) is 5.92. The molecular weight excluding hydrogens is 259 g/mol. The summed E-state index contributed by atoms with van der Waals surface area (Å²) >= 11 is 0. The fourth-order valence-electron chi connectivity index (χ4n) is 0.873. The summed E-state index contributed by atoms with van der Waals surface area (Å²) in [5.74, 6) is 0. The van der Waals surface area contributed by atoms with Crippen molar-refractivity contribution in [1.29, 1.82) is 0 Å². The van der Waals surface area contributed by atoms with Crippen LogP contribution in [0, 0.1) is 0 Å². The van der Waals surface area contributed by atoms with Crippen LogP contribution in [0.25, 0.3) is 0 Å². The maximum atomic E-state index is 10.8. The van der Waals surface area contributed by atoms with Crippen molar-refractivity contribution < 1.29 is 21.6 Å². The van der Waals surface area contributed by atoms with Crippen molar-refractivity contribution in [3.05, 3.63) is 25.1 Å². The van der Waals surface area contributed by atoms with E-state index in [1.54, 1.807) is 0 Å². The van der Waals surface area contributed by atoms with Crippen molar-refractivity contribution >= 4 is 10.0 Å². The van der Waals surface area contributed by atoms with Gasteiger partial charge in [0.2, 0.25) is 0 Å². The Morgan fingerprint density at radius 1 is 1.47 bits per heavy atom. The predicted molar refractivity (Wildman–Crippen MR) is 57.8 cm³/mol. The monoisotopic (exact) mass is 273 g/mol. The number of rotatable bonds is 2. The van der Waals surface area contributed by atoms with Gasteiger partial charge in [0.1, 0.15) is 0 Å². The quantitative estimate of drug-likeness (QED) is 0.750. The van der Waals surface area contributed by atoms with Crippen LogP contribution in [0.1, 0.15) is 0 Å². The third-order valence-corrected chi connectivity index (χ3v) is 2.27. The smallest absolute Gasteiger partial charge is 0.362 e. The van der Waals surface area contributed by atoms with Gasteiger partial charge in [0.25, 0.3) is 0 Å². The van der Waals surface area contributed by atoms with Crippen LogP contribution in [0.3, 0.4) is 0 Å². The topological polar surface area (TPSA) is 66.6 Å². The van der Waals surface area contributed by atoms with Gasteiger partial charge in [-0.05, 0) is 0 Å². The number of alkyl halides is 3. The van der Waals surface area contributed by atoms with Crippen LogP contribution in [0.15, 0.2) is 25.1 Å². The number of hydrogen-bond donors (Lipinski definition) is 1. The number of primary sulfonamides is 1. The summed E-state index contributed by atoms with van der Waals surface area (Å²) in [5, 5.41) is 3.66. The highest BCUT2D eigenvalue weighted by Gasteiger charge is 2.42. The standard InChI is InChI=1S/C7H12N2.CH2F3NO2S/c1-3-4-9-6-5-8(2)7-9;2-1(3,4)8(5,6)7/h3,5-6H,1,4,7H2,2H3;(H2,5,6,7). The molecule has 0 saturated carbocycles. The zero-order valence-electron chi connectivity index (χ0n) is 9.18. The molecule has 1 rings (SSSR count). The molecule has 1 aliphatic heterocycles. The van der Waals surface area contributed by atoms with E-state index in [9.17, 15) is 21.6 Å². The molecule has 5 nitrogen and oxygen atoms in total. The lowest BCUT2D eigenvalue weighted by Gasteiger charge is -2.15. The van der Waals surface area contributed by atoms with Crippen molar-refractivity contribution in [1.82, 2.24) is 9.80 Å². The van der Waals surface area contributed by atoms with Crippen molar-refractivity contribution in [2.24, 2.45) is 5.14 Å². The Labute approximate surface area is 98.0 Å². The van der Waals surface area contributed by atoms with Crippen LogP contribution < -0.4 is 5.14 Å². The Hall–Kier alpha value is -1.22. The van der Waals surface area contributed by atoms with E-state index in [1.807, 2.05) is 6.08 Å². The van der Waals surface area contributed by atoms with E-state index < -0.39 is 15.5 Å². The van der Waals surface area contributed by atoms with E-state index >= 15 is 0 Å². The maximum Gasteiger partial charge on any atom is 0.511 e. The Morgan fingerprint density at radius 3 is 2.18 bits per heavy atom. The predicted octanol–water partition coefficient (Wildman–Crippen LogP) is 0.643. The van der Waals surface area contributed by atoms with Crippen LogP contribution in [0.5, 0.6) is 0 Å². The molecule has 0 fully saturated rings. The van der Waals surface area contributed by atoms with E-state index in [-0.39, 0.29) is 0 Å². The molecule has 17 heavy (non-hydrogen) atoms. The average molecular weight is 273 g/mol. The second-order valence-corrected chi connectivity index (χ2v) is 4.80. The molecule has 0 aromatic rings. The molecule has 0 aromatic carbocycles. The van der Waals surface area contributed by atoms with E-state index in [1.165, 1.54) is 0 Å². The summed E-state index contributed by atoms with van der Waals surface area (Å²) in [5.41, 5.74) is -5.31. The first-order chi connectivity index (χ1) is 7.58. The minimum absolute atomic E-state index is 0.945. The number of nitrogens with zero attached hydrogens (tertiary/aromatic N) is 2. The molecule has 0 atom stereocenters. The zero-order chi connectivity index (χ0) is 13.7. The van der Waals surface area contributed by atoms with Crippen molar-refractivity contribution in [3.8, 4) is 0 Å². The SMILES string of the molecule is C=CCN1C=CN(C)C1.NS(=O)(=O)C(F)(F)F. The van der Waals surface area contributed by atoms with Gasteiger partial charge in [-0.15, -0.1) is 6.58 Å². The van der Waals surface area contributed by atoms with Crippen LogP contribution in [0.2, 0.25) is 0 Å². The summed E-state index contributed by atoms with van der Waals surface area (Å²) in [6.45, 7) is 5.59. The van der Waals surface area contributed by atoms with Gasteiger partial charge in [-0.2, -0.15) is 13.2 Å². The third-order valence-electron chi connectivity index (χ3n) is 1.62. The Kier molecular flexibility index (Phi) is 5.49. The molecule has 0 spiro atoms. The van der Waals surface area contributed by atoms with E-state index in [4.69, 9.17) is 0 Å². The summed E-state index contributed by atoms with van der Waals surface area (Å²) in [6, 6.07) is 0. The molecular formula is C8H14F3N3O2S. The Bertz CT molecular complexity index is 378. The van der Waals surface area contributed by atoms with Crippen LogP contribution in [-0.4, -0.2) is 44.0 Å². The zero-order valence-corrected chi connectivity index (χ0v) is 10.0. The summed E-state index contributed by atoms with van der Waals surface area (Å²) in [6.07, 6.45) is 6.04. The molecule has 1 aliphatic rings. The van der Waals surface area contributed by atoms with Gasteiger partial charge < -0.3 is 9.80 Å². The lowest BCUT2D eigenvalue weighted by Crippen LogP contribution is -2.30. The van der Waals surface area contributed by atoms with Crippen LogP contribution in [0.4, 0.5) is 13.2 Å². The highest BCUT2D eigenvalue weighted by Crippen LogP contribution is 2.18. The number of halogens is 3. The van der Waals surface area contributed by atoms with Crippen LogP contribution in [-0.2, 0) is 10.0 Å². The van der Waals surface area contributed by atoms with Gasteiger partial charge in [0.15, 0.2) is 0 Å². The first-order valence-corrected chi connectivity index (χ1v) is 5.95. The molecule has 0 amide bonds. The highest BCUT2D eigenvalue weighted by atomic mass is 32.2. The highest BCUT2D eigenvalue weighted by molar-refractivity contribution is 7.90. The van der Waals surface area contributed by atoms with Crippen molar-refractivity contribution in [2.45, 2.75) is 5.51 Å². The fraction of sp³-hybridized carbons (Fsp3) is 0.500. The first-order valence-electron chi connectivity index (χ1n) is 4.40. The summed E-state index contributed by atoms with van der Waals surface area (Å²) in [7, 11) is -3.29. The molecule has 1 heterocycles. The summed E-state index contributed by atoms with van der Waals surface area (Å²) in [4.78, 5) is 4.32. The van der Waals surface area contributed by atoms with E-state index in [2.05, 4.69) is 41.0 Å².